The number of rotatable bonds is 11. The second-order valence-corrected chi connectivity index (χ2v) is 25.7. The molecule has 0 aromatic rings. The summed E-state index contributed by atoms with van der Waals surface area (Å²) in [4.78, 5) is 25.9. The van der Waals surface area contributed by atoms with Gasteiger partial charge >= 0.3 is 11.9 Å². The highest BCUT2D eigenvalue weighted by Crippen LogP contribution is 2.76. The highest BCUT2D eigenvalue weighted by Gasteiger charge is 2.72. The first-order chi connectivity index (χ1) is 35.6. The SMILES string of the molecule is C[C@@H]1O[C@@H](O[C@H]2[C@H](O[C@H]3[C@H](O[C@H]4CC[C@@]5(C)[C@@H](CC[C@]6(C)[C@@H]5CC=C5[C@@H]7C[C@]8(C)C[C@@H](OC8=O)[C@]7(C)CC[C@]56C)[C@@]4(C)CO)O[C@H](C(=O)O)[C@@H](O)[C@@H]3O)O[C@H](CO)[C@@H](O)[C@@H]2O[C@@H]2OC[C@@H](O)[C@H](O)[C@H]2O)[C@H](O)[C@H](O)[C@H]1O. The molecule has 432 valence electrons. The molecule has 5 saturated heterocycles. The minimum absolute atomic E-state index is 0.0962. The maximum Gasteiger partial charge on any atom is 0.335 e. The molecule has 10 aliphatic rings. The van der Waals surface area contributed by atoms with Gasteiger partial charge in [0.25, 0.3) is 0 Å². The van der Waals surface area contributed by atoms with Gasteiger partial charge in [-0.1, -0.05) is 46.3 Å². The highest BCUT2D eigenvalue weighted by molar-refractivity contribution is 5.79. The van der Waals surface area contributed by atoms with Crippen LogP contribution in [-0.2, 0) is 52.2 Å². The molecule has 12 N–H and O–H groups in total. The first kappa shape index (κ1) is 57.2. The Labute approximate surface area is 441 Å². The maximum atomic E-state index is 13.3. The number of aliphatic carboxylic acids is 1. The Morgan fingerprint density at radius 2 is 1.33 bits per heavy atom. The monoisotopic (exact) mass is 1090 g/mol. The molecule has 0 unspecified atom stereocenters. The van der Waals surface area contributed by atoms with Crippen molar-refractivity contribution < 1.29 is 113 Å². The van der Waals surface area contributed by atoms with E-state index in [4.69, 9.17) is 42.6 Å². The molecule has 5 aliphatic carbocycles. The van der Waals surface area contributed by atoms with Gasteiger partial charge in [-0.3, -0.25) is 4.79 Å². The Morgan fingerprint density at radius 1 is 0.658 bits per heavy atom. The minimum Gasteiger partial charge on any atom is -0.479 e. The van der Waals surface area contributed by atoms with Crippen LogP contribution in [-0.4, -0.2) is 222 Å². The number of carboxylic acid groups (broad SMARTS) is 1. The van der Waals surface area contributed by atoms with E-state index < -0.39 is 153 Å². The van der Waals surface area contributed by atoms with Crippen LogP contribution in [0.4, 0.5) is 0 Å². The summed E-state index contributed by atoms with van der Waals surface area (Å²) in [5.41, 5.74) is -0.937. The number of aliphatic hydroxyl groups is 11. The van der Waals surface area contributed by atoms with Crippen molar-refractivity contribution in [3.05, 3.63) is 11.6 Å². The Morgan fingerprint density at radius 3 is 2.01 bits per heavy atom. The van der Waals surface area contributed by atoms with Gasteiger partial charge in [0.15, 0.2) is 31.3 Å². The number of carbonyl (C=O) groups is 2. The summed E-state index contributed by atoms with van der Waals surface area (Å²) in [6, 6.07) is 0. The maximum absolute atomic E-state index is 13.3. The smallest absolute Gasteiger partial charge is 0.335 e. The van der Waals surface area contributed by atoms with Crippen LogP contribution in [0.25, 0.3) is 0 Å². The molecule has 4 saturated carbocycles. The number of fused-ring (bicyclic) bond motifs is 10. The second-order valence-electron chi connectivity index (χ2n) is 25.7. The fourth-order valence-corrected chi connectivity index (χ4v) is 16.7. The Kier molecular flexibility index (Phi) is 15.1. The standard InChI is InChI=1S/C53H82O23/c1-21-30(57)33(60)37(64)44(69-21)76-41-38(73-43-36(63)31(58)24(56)19-68-43)32(59)25(18-54)70-46(41)75-40-35(62)34(61)39(42(65)66)74-45(40)71-28-11-12-50(4)26(51(28,5)20-55)10-13-53(7)27(50)9-8-22-23-16-48(2)17-29(72-47(48)67)49(23,3)14-15-52(22,53)6/h8,21,23-41,43-46,54-64H,9-20H2,1-7H3,(H,65,66)/t21-,23-,24+,25+,26+,27+,28-,29+,30-,31-,32+,33+,34-,35-,36+,37+,38-,39-,40+,41+,43-,44-,45+,46-,48+,49+,50-,51+,52+,53+/m0/s1. The van der Waals surface area contributed by atoms with Gasteiger partial charge in [-0.15, -0.1) is 0 Å². The third kappa shape index (κ3) is 8.61. The number of hydrogen-bond acceptors (Lipinski definition) is 22. The van der Waals surface area contributed by atoms with Crippen LogP contribution in [0.5, 0.6) is 0 Å². The molecular weight excluding hydrogens is 1000 g/mol. The van der Waals surface area contributed by atoms with Crippen LogP contribution >= 0.6 is 0 Å². The summed E-state index contributed by atoms with van der Waals surface area (Å²) in [7, 11) is 0. The lowest BCUT2D eigenvalue weighted by Crippen LogP contribution is -2.69. The predicted molar refractivity (Wildman–Crippen MR) is 255 cm³/mol. The van der Waals surface area contributed by atoms with E-state index in [0.29, 0.717) is 19.3 Å². The third-order valence-corrected chi connectivity index (χ3v) is 21.7. The van der Waals surface area contributed by atoms with Crippen molar-refractivity contribution >= 4 is 11.9 Å². The third-order valence-electron chi connectivity index (χ3n) is 21.7. The number of carbonyl (C=O) groups excluding carboxylic acids is 1. The largest absolute Gasteiger partial charge is 0.479 e. The second kappa shape index (κ2) is 20.1. The van der Waals surface area contributed by atoms with E-state index in [0.717, 1.165) is 38.5 Å². The quantitative estimate of drug-likeness (QED) is 0.0651. The van der Waals surface area contributed by atoms with Gasteiger partial charge in [0.2, 0.25) is 0 Å². The molecule has 10 rings (SSSR count). The lowest BCUT2D eigenvalue weighted by Gasteiger charge is -2.71. The van der Waals surface area contributed by atoms with E-state index in [-0.39, 0.29) is 58.1 Å². The normalized spacial score (nSPS) is 57.0. The molecule has 30 atom stereocenters. The average Bonchev–Trinajstić information content (AvgIpc) is 3.64. The zero-order valence-corrected chi connectivity index (χ0v) is 44.3. The highest BCUT2D eigenvalue weighted by atomic mass is 16.8. The van der Waals surface area contributed by atoms with Crippen LogP contribution < -0.4 is 0 Å². The van der Waals surface area contributed by atoms with Crippen molar-refractivity contribution in [1.82, 2.24) is 0 Å². The molecule has 2 bridgehead atoms. The molecule has 5 aliphatic heterocycles. The first-order valence-corrected chi connectivity index (χ1v) is 27.3. The summed E-state index contributed by atoms with van der Waals surface area (Å²) in [5.74, 6) is -1.53. The van der Waals surface area contributed by atoms with Gasteiger partial charge in [-0.05, 0) is 99.2 Å². The molecule has 9 fully saturated rings. The van der Waals surface area contributed by atoms with E-state index >= 15 is 0 Å². The van der Waals surface area contributed by atoms with E-state index in [9.17, 15) is 70.9 Å². The summed E-state index contributed by atoms with van der Waals surface area (Å²) in [5, 5.41) is 131. The molecule has 76 heavy (non-hydrogen) atoms. The molecule has 0 spiro atoms. The van der Waals surface area contributed by atoms with Crippen molar-refractivity contribution in [2.24, 2.45) is 50.2 Å². The summed E-state index contributed by atoms with van der Waals surface area (Å²) in [6.07, 6.45) is -26.7. The number of hydrogen-bond donors (Lipinski definition) is 12. The minimum atomic E-state index is -2.16. The lowest BCUT2D eigenvalue weighted by atomic mass is 9.33. The van der Waals surface area contributed by atoms with Gasteiger partial charge in [0.05, 0.1) is 37.4 Å². The van der Waals surface area contributed by atoms with E-state index in [1.807, 2.05) is 13.8 Å². The number of ether oxygens (including phenoxy) is 9. The van der Waals surface area contributed by atoms with Crippen molar-refractivity contribution in [3.63, 3.8) is 0 Å². The molecule has 23 heteroatoms. The Hall–Kier alpha value is -2.08. The van der Waals surface area contributed by atoms with Gasteiger partial charge < -0.3 is 104 Å². The number of allylic oxidation sites excluding steroid dienone is 2. The zero-order chi connectivity index (χ0) is 55.1. The van der Waals surface area contributed by atoms with E-state index in [1.54, 1.807) is 0 Å². The topological polar surface area (TPSA) is 360 Å². The van der Waals surface area contributed by atoms with Gasteiger partial charge in [0.1, 0.15) is 85.5 Å². The van der Waals surface area contributed by atoms with Crippen LogP contribution in [0.2, 0.25) is 0 Å². The van der Waals surface area contributed by atoms with Crippen molar-refractivity contribution in [1.29, 1.82) is 0 Å². The Bertz CT molecular complexity index is 2200. The number of esters is 1. The van der Waals surface area contributed by atoms with E-state index in [1.165, 1.54) is 12.5 Å². The fourth-order valence-electron chi connectivity index (χ4n) is 16.7. The van der Waals surface area contributed by atoms with Gasteiger partial charge in [-0.2, -0.15) is 0 Å². The van der Waals surface area contributed by atoms with Crippen molar-refractivity contribution in [2.45, 2.75) is 235 Å². The molecule has 0 amide bonds. The zero-order valence-electron chi connectivity index (χ0n) is 44.3. The van der Waals surface area contributed by atoms with E-state index in [2.05, 4.69) is 33.8 Å². The van der Waals surface area contributed by atoms with Crippen LogP contribution in [0.15, 0.2) is 11.6 Å². The molecular formula is C53H82O23. The van der Waals surface area contributed by atoms with Crippen LogP contribution in [0, 0.1) is 50.2 Å². The van der Waals surface area contributed by atoms with Crippen molar-refractivity contribution in [2.75, 3.05) is 19.8 Å². The van der Waals surface area contributed by atoms with Gasteiger partial charge in [-0.25, -0.2) is 4.79 Å². The lowest BCUT2D eigenvalue weighted by molar-refractivity contribution is -0.408. The molecule has 0 radical (unpaired) electrons. The van der Waals surface area contributed by atoms with Gasteiger partial charge in [0, 0.05) is 17.3 Å². The molecule has 0 aromatic carbocycles. The molecule has 0 aromatic heterocycles. The average molecular weight is 1090 g/mol. The Balaban J connectivity index is 0.950. The molecule has 23 nitrogen and oxygen atoms in total. The van der Waals surface area contributed by atoms with Crippen molar-refractivity contribution in [3.8, 4) is 0 Å². The predicted octanol–water partition coefficient (Wildman–Crippen LogP) is -1.29. The van der Waals surface area contributed by atoms with Crippen LogP contribution in [0.3, 0.4) is 0 Å². The summed E-state index contributed by atoms with van der Waals surface area (Å²) >= 11 is 0. The first-order valence-electron chi connectivity index (χ1n) is 27.3. The summed E-state index contributed by atoms with van der Waals surface area (Å²) < 4.78 is 54.8. The fraction of sp³-hybridized carbons (Fsp3) is 0.925. The summed E-state index contributed by atoms with van der Waals surface area (Å²) in [6.45, 7) is 13.0. The molecule has 5 heterocycles. The van der Waals surface area contributed by atoms with Crippen LogP contribution in [0.1, 0.15) is 106 Å². The number of aliphatic hydroxyl groups excluding tert-OH is 11. The number of carboxylic acids is 1.